The number of carbonyl (C=O) groups is 1. The van der Waals surface area contributed by atoms with E-state index < -0.39 is 0 Å². The van der Waals surface area contributed by atoms with Gasteiger partial charge >= 0.3 is 0 Å². The highest BCUT2D eigenvalue weighted by Crippen LogP contribution is 2.12. The van der Waals surface area contributed by atoms with E-state index in [2.05, 4.69) is 10.2 Å². The molecule has 1 atom stereocenters. The van der Waals surface area contributed by atoms with E-state index in [0.717, 1.165) is 13.0 Å². The van der Waals surface area contributed by atoms with Gasteiger partial charge in [-0.1, -0.05) is 6.07 Å². The van der Waals surface area contributed by atoms with E-state index in [4.69, 9.17) is 4.74 Å². The van der Waals surface area contributed by atoms with Crippen LogP contribution in [-0.4, -0.2) is 51.2 Å². The highest BCUT2D eigenvalue weighted by molar-refractivity contribution is 5.93. The average molecular weight is 260 g/mol. The fourth-order valence-electron chi connectivity index (χ4n) is 2.29. The van der Waals surface area contributed by atoms with Gasteiger partial charge in [-0.3, -0.25) is 9.20 Å². The second-order valence-electron chi connectivity index (χ2n) is 4.73. The third kappa shape index (κ3) is 2.31. The maximum Gasteiger partial charge on any atom is 0.271 e. The number of nitrogens with zero attached hydrogens (tertiary/aromatic N) is 4. The summed E-state index contributed by atoms with van der Waals surface area (Å²) < 4.78 is 7.29. The van der Waals surface area contributed by atoms with Gasteiger partial charge in [-0.05, 0) is 25.5 Å². The van der Waals surface area contributed by atoms with Crippen LogP contribution in [-0.2, 0) is 4.74 Å². The molecule has 19 heavy (non-hydrogen) atoms. The Hall–Kier alpha value is -1.95. The number of rotatable bonds is 1. The third-order valence-corrected chi connectivity index (χ3v) is 3.41. The fourth-order valence-corrected chi connectivity index (χ4v) is 2.29. The first-order valence-electron chi connectivity index (χ1n) is 6.45. The quantitative estimate of drug-likeness (QED) is 0.767. The first-order chi connectivity index (χ1) is 9.25. The molecular weight excluding hydrogens is 244 g/mol. The number of hydrogen-bond donors (Lipinski definition) is 0. The number of carbonyl (C=O) groups excluding carboxylic acids is 1. The van der Waals surface area contributed by atoms with Gasteiger partial charge in [0, 0.05) is 13.1 Å². The Morgan fingerprint density at radius 1 is 1.42 bits per heavy atom. The highest BCUT2D eigenvalue weighted by Gasteiger charge is 2.21. The molecule has 1 aliphatic heterocycles. The summed E-state index contributed by atoms with van der Waals surface area (Å²) in [5.41, 5.74) is 1.28. The molecule has 0 bridgehead atoms. The van der Waals surface area contributed by atoms with Crippen molar-refractivity contribution in [2.24, 2.45) is 0 Å². The van der Waals surface area contributed by atoms with E-state index in [1.165, 1.54) is 0 Å². The zero-order chi connectivity index (χ0) is 13.2. The Kier molecular flexibility index (Phi) is 3.16. The Bertz CT molecular complexity index is 595. The molecule has 6 heteroatoms. The van der Waals surface area contributed by atoms with Crippen molar-refractivity contribution in [3.63, 3.8) is 0 Å². The van der Waals surface area contributed by atoms with Crippen LogP contribution >= 0.6 is 0 Å². The molecule has 100 valence electrons. The molecule has 1 saturated heterocycles. The van der Waals surface area contributed by atoms with Crippen molar-refractivity contribution in [3.8, 4) is 0 Å². The zero-order valence-electron chi connectivity index (χ0n) is 10.8. The highest BCUT2D eigenvalue weighted by atomic mass is 16.5. The zero-order valence-corrected chi connectivity index (χ0v) is 10.8. The minimum absolute atomic E-state index is 0.00287. The largest absolute Gasteiger partial charge is 0.377 e. The van der Waals surface area contributed by atoms with E-state index in [-0.39, 0.29) is 12.0 Å². The maximum absolute atomic E-state index is 12.6. The third-order valence-electron chi connectivity index (χ3n) is 3.41. The summed E-state index contributed by atoms with van der Waals surface area (Å²) in [5, 5.41) is 7.79. The fraction of sp³-hybridized carbons (Fsp3) is 0.462. The summed E-state index contributed by atoms with van der Waals surface area (Å²) in [4.78, 5) is 14.4. The number of fused-ring (bicyclic) bond motifs is 1. The van der Waals surface area contributed by atoms with Crippen LogP contribution in [0.2, 0.25) is 0 Å². The predicted octanol–water partition coefficient (Wildman–Crippen LogP) is 0.980. The molecule has 2 aromatic rings. The number of ether oxygens (including phenoxy) is 1. The van der Waals surface area contributed by atoms with Crippen molar-refractivity contribution >= 4 is 11.6 Å². The van der Waals surface area contributed by atoms with Crippen molar-refractivity contribution in [1.29, 1.82) is 0 Å². The lowest BCUT2D eigenvalue weighted by atomic mass is 10.2. The van der Waals surface area contributed by atoms with Crippen LogP contribution in [0.25, 0.3) is 5.65 Å². The van der Waals surface area contributed by atoms with Gasteiger partial charge in [0.1, 0.15) is 12.0 Å². The lowest BCUT2D eigenvalue weighted by Gasteiger charge is -2.20. The Balaban J connectivity index is 1.89. The summed E-state index contributed by atoms with van der Waals surface area (Å²) in [5.74, 6) is 0.00287. The Morgan fingerprint density at radius 2 is 2.32 bits per heavy atom. The Labute approximate surface area is 111 Å². The van der Waals surface area contributed by atoms with Crippen LogP contribution in [0.15, 0.2) is 24.5 Å². The van der Waals surface area contributed by atoms with Crippen molar-refractivity contribution < 1.29 is 9.53 Å². The molecule has 1 fully saturated rings. The SMILES string of the molecule is CC1CCN(C(=O)c2cccc3nncn23)CCO1. The van der Waals surface area contributed by atoms with Crippen LogP contribution in [0, 0.1) is 0 Å². The van der Waals surface area contributed by atoms with Crippen LogP contribution in [0.5, 0.6) is 0 Å². The molecule has 0 saturated carbocycles. The molecule has 1 amide bonds. The number of hydrogen-bond acceptors (Lipinski definition) is 4. The van der Waals surface area contributed by atoms with Gasteiger partial charge in [-0.2, -0.15) is 0 Å². The molecular formula is C13H16N4O2. The second-order valence-corrected chi connectivity index (χ2v) is 4.73. The molecule has 0 radical (unpaired) electrons. The summed E-state index contributed by atoms with van der Waals surface area (Å²) in [6, 6.07) is 5.46. The molecule has 0 N–H and O–H groups in total. The molecule has 3 rings (SSSR count). The van der Waals surface area contributed by atoms with Gasteiger partial charge in [-0.15, -0.1) is 10.2 Å². The average Bonchev–Trinajstić information content (AvgIpc) is 2.80. The summed E-state index contributed by atoms with van der Waals surface area (Å²) in [6.45, 7) is 3.97. The standard InChI is InChI=1S/C13H16N4O2/c1-10-5-6-16(7-8-19-10)13(18)11-3-2-4-12-15-14-9-17(11)12/h2-4,9-10H,5-8H2,1H3. The van der Waals surface area contributed by atoms with Crippen molar-refractivity contribution in [3.05, 3.63) is 30.2 Å². The predicted molar refractivity (Wildman–Crippen MR) is 68.9 cm³/mol. The van der Waals surface area contributed by atoms with Gasteiger partial charge in [-0.25, -0.2) is 0 Å². The first-order valence-corrected chi connectivity index (χ1v) is 6.45. The van der Waals surface area contributed by atoms with E-state index in [9.17, 15) is 4.79 Å². The van der Waals surface area contributed by atoms with Crippen LogP contribution in [0.1, 0.15) is 23.8 Å². The molecule has 0 aromatic carbocycles. The topological polar surface area (TPSA) is 59.7 Å². The summed E-state index contributed by atoms with van der Waals surface area (Å²) >= 11 is 0. The van der Waals surface area contributed by atoms with Gasteiger partial charge in [0.25, 0.3) is 5.91 Å². The van der Waals surface area contributed by atoms with Gasteiger partial charge in [0.15, 0.2) is 5.65 Å². The van der Waals surface area contributed by atoms with Crippen molar-refractivity contribution in [1.82, 2.24) is 19.5 Å². The summed E-state index contributed by atoms with van der Waals surface area (Å²) in [7, 11) is 0. The number of pyridine rings is 1. The molecule has 3 heterocycles. The number of aromatic nitrogens is 3. The van der Waals surface area contributed by atoms with E-state index >= 15 is 0 Å². The second kappa shape index (κ2) is 4.97. The molecule has 6 nitrogen and oxygen atoms in total. The minimum Gasteiger partial charge on any atom is -0.377 e. The molecule has 1 unspecified atom stereocenters. The van der Waals surface area contributed by atoms with Gasteiger partial charge in [0.05, 0.1) is 12.7 Å². The smallest absolute Gasteiger partial charge is 0.271 e. The van der Waals surface area contributed by atoms with E-state index in [0.29, 0.717) is 24.5 Å². The lowest BCUT2D eigenvalue weighted by Crippen LogP contribution is -2.34. The molecule has 0 spiro atoms. The van der Waals surface area contributed by atoms with E-state index in [1.807, 2.05) is 24.0 Å². The number of amides is 1. The first kappa shape index (κ1) is 12.1. The molecule has 0 aliphatic carbocycles. The minimum atomic E-state index is 0.00287. The van der Waals surface area contributed by atoms with Crippen LogP contribution < -0.4 is 0 Å². The monoisotopic (exact) mass is 260 g/mol. The van der Waals surface area contributed by atoms with Crippen LogP contribution in [0.4, 0.5) is 0 Å². The van der Waals surface area contributed by atoms with Crippen LogP contribution in [0.3, 0.4) is 0 Å². The molecule has 1 aliphatic rings. The molecule has 2 aromatic heterocycles. The normalized spacial score (nSPS) is 20.5. The van der Waals surface area contributed by atoms with Crippen molar-refractivity contribution in [2.45, 2.75) is 19.4 Å². The maximum atomic E-state index is 12.6. The van der Waals surface area contributed by atoms with Gasteiger partial charge in [0.2, 0.25) is 0 Å². The Morgan fingerprint density at radius 3 is 3.21 bits per heavy atom. The van der Waals surface area contributed by atoms with Crippen molar-refractivity contribution in [2.75, 3.05) is 19.7 Å². The van der Waals surface area contributed by atoms with Gasteiger partial charge < -0.3 is 9.64 Å². The summed E-state index contributed by atoms with van der Waals surface area (Å²) in [6.07, 6.45) is 2.65. The van der Waals surface area contributed by atoms with E-state index in [1.54, 1.807) is 16.8 Å². The lowest BCUT2D eigenvalue weighted by molar-refractivity contribution is 0.0662.